The van der Waals surface area contributed by atoms with Crippen LogP contribution < -0.4 is 4.57 Å². The SMILES string of the molecule is Cc1ccccc1-c1oc2c3c(ccc2[n+]1C)oc1cc2oc4ccccc4c2cc13. The van der Waals surface area contributed by atoms with E-state index in [-0.39, 0.29) is 0 Å². The molecule has 148 valence electrons. The van der Waals surface area contributed by atoms with Crippen LogP contribution in [-0.2, 0) is 7.05 Å². The molecule has 0 saturated carbocycles. The van der Waals surface area contributed by atoms with Gasteiger partial charge in [-0.15, -0.1) is 0 Å². The number of para-hydroxylation sites is 1. The van der Waals surface area contributed by atoms with Gasteiger partial charge in [0, 0.05) is 28.3 Å². The summed E-state index contributed by atoms with van der Waals surface area (Å²) in [5.74, 6) is 0.838. The first-order valence-electron chi connectivity index (χ1n) is 10.3. The Bertz CT molecular complexity index is 1810. The number of fused-ring (bicyclic) bond motifs is 8. The number of hydrogen-bond acceptors (Lipinski definition) is 3. The lowest BCUT2D eigenvalue weighted by Gasteiger charge is -1.97. The molecule has 7 aromatic rings. The van der Waals surface area contributed by atoms with E-state index in [0.29, 0.717) is 0 Å². The number of benzene rings is 4. The Kier molecular flexibility index (Phi) is 3.11. The number of aromatic nitrogens is 1. The van der Waals surface area contributed by atoms with Gasteiger partial charge in [-0.25, -0.2) is 0 Å². The van der Waals surface area contributed by atoms with Crippen LogP contribution in [-0.4, -0.2) is 0 Å². The Morgan fingerprint density at radius 3 is 2.32 bits per heavy atom. The molecule has 0 spiro atoms. The third-order valence-electron chi connectivity index (χ3n) is 6.31. The van der Waals surface area contributed by atoms with E-state index in [0.717, 1.165) is 66.4 Å². The highest BCUT2D eigenvalue weighted by Crippen LogP contribution is 2.40. The fraction of sp³-hybridized carbons (Fsp3) is 0.0741. The van der Waals surface area contributed by atoms with Crippen LogP contribution in [0.5, 0.6) is 0 Å². The van der Waals surface area contributed by atoms with Gasteiger partial charge in [0.1, 0.15) is 29.4 Å². The van der Waals surface area contributed by atoms with Crippen molar-refractivity contribution in [2.75, 3.05) is 0 Å². The number of hydrogen-bond donors (Lipinski definition) is 0. The number of furan rings is 2. The number of oxazole rings is 1. The average Bonchev–Trinajstić information content (AvgIpc) is 3.43. The molecule has 0 aliphatic heterocycles. The maximum Gasteiger partial charge on any atom is 0.381 e. The average molecular weight is 404 g/mol. The normalized spacial score (nSPS) is 12.2. The van der Waals surface area contributed by atoms with Crippen LogP contribution in [0, 0.1) is 6.92 Å². The van der Waals surface area contributed by atoms with Crippen molar-refractivity contribution in [3.63, 3.8) is 0 Å². The third kappa shape index (κ3) is 2.16. The minimum absolute atomic E-state index is 0.797. The second-order valence-corrected chi connectivity index (χ2v) is 8.11. The molecular weight excluding hydrogens is 386 g/mol. The predicted molar refractivity (Wildman–Crippen MR) is 122 cm³/mol. The molecule has 0 aliphatic carbocycles. The highest BCUT2D eigenvalue weighted by molar-refractivity contribution is 6.20. The van der Waals surface area contributed by atoms with Crippen molar-refractivity contribution in [1.29, 1.82) is 0 Å². The molecule has 7 rings (SSSR count). The van der Waals surface area contributed by atoms with Gasteiger partial charge in [-0.3, -0.25) is 0 Å². The zero-order valence-corrected chi connectivity index (χ0v) is 17.1. The highest BCUT2D eigenvalue weighted by Gasteiger charge is 2.26. The van der Waals surface area contributed by atoms with Gasteiger partial charge >= 0.3 is 5.89 Å². The fourth-order valence-electron chi connectivity index (χ4n) is 4.74. The summed E-state index contributed by atoms with van der Waals surface area (Å²) >= 11 is 0. The molecule has 0 atom stereocenters. The van der Waals surface area contributed by atoms with Crippen molar-refractivity contribution in [1.82, 2.24) is 0 Å². The second-order valence-electron chi connectivity index (χ2n) is 8.11. The van der Waals surface area contributed by atoms with Crippen molar-refractivity contribution >= 4 is 55.0 Å². The van der Waals surface area contributed by atoms with Crippen LogP contribution in [0.1, 0.15) is 5.56 Å². The monoisotopic (exact) mass is 404 g/mol. The number of aryl methyl sites for hydroxylation is 2. The zero-order valence-electron chi connectivity index (χ0n) is 17.1. The molecule has 3 heterocycles. The first kappa shape index (κ1) is 16.7. The number of nitrogens with zero attached hydrogens (tertiary/aromatic N) is 1. The lowest BCUT2D eigenvalue weighted by atomic mass is 10.1. The van der Waals surface area contributed by atoms with E-state index in [1.54, 1.807) is 0 Å². The molecule has 0 unspecified atom stereocenters. The van der Waals surface area contributed by atoms with E-state index in [1.807, 2.05) is 49.5 Å². The van der Waals surface area contributed by atoms with Crippen LogP contribution in [0.15, 0.2) is 86.0 Å². The zero-order chi connectivity index (χ0) is 20.7. The summed E-state index contributed by atoms with van der Waals surface area (Å²) in [5.41, 5.74) is 7.45. The molecule has 31 heavy (non-hydrogen) atoms. The van der Waals surface area contributed by atoms with Gasteiger partial charge in [0.2, 0.25) is 5.58 Å². The van der Waals surface area contributed by atoms with E-state index < -0.39 is 0 Å². The lowest BCUT2D eigenvalue weighted by molar-refractivity contribution is -0.637. The lowest BCUT2D eigenvalue weighted by Crippen LogP contribution is -2.28. The summed E-state index contributed by atoms with van der Waals surface area (Å²) in [4.78, 5) is 0. The fourth-order valence-corrected chi connectivity index (χ4v) is 4.74. The number of rotatable bonds is 1. The van der Waals surface area contributed by atoms with Crippen molar-refractivity contribution < 1.29 is 17.8 Å². The first-order valence-corrected chi connectivity index (χ1v) is 10.3. The summed E-state index contributed by atoms with van der Waals surface area (Å²) in [6.45, 7) is 2.10. The minimum atomic E-state index is 0.797. The molecule has 0 radical (unpaired) electrons. The maximum atomic E-state index is 6.51. The molecule has 3 aromatic heterocycles. The Morgan fingerprint density at radius 1 is 0.645 bits per heavy atom. The Morgan fingerprint density at radius 2 is 1.42 bits per heavy atom. The minimum Gasteiger partial charge on any atom is -0.456 e. The van der Waals surface area contributed by atoms with Crippen molar-refractivity contribution in [2.24, 2.45) is 7.05 Å². The largest absolute Gasteiger partial charge is 0.456 e. The van der Waals surface area contributed by atoms with Crippen LogP contribution in [0.25, 0.3) is 66.4 Å². The van der Waals surface area contributed by atoms with Gasteiger partial charge < -0.3 is 13.3 Å². The van der Waals surface area contributed by atoms with Crippen molar-refractivity contribution in [2.45, 2.75) is 6.92 Å². The smallest absolute Gasteiger partial charge is 0.381 e. The van der Waals surface area contributed by atoms with Gasteiger partial charge in [0.05, 0.1) is 10.9 Å². The molecule has 0 N–H and O–H groups in total. The molecule has 0 bridgehead atoms. The van der Waals surface area contributed by atoms with Crippen molar-refractivity contribution in [3.05, 3.63) is 78.4 Å². The Labute approximate surface area is 176 Å². The molecule has 0 fully saturated rings. The standard InChI is InChI=1S/C27H18NO3/c1-15-7-3-4-8-16(15)27-28(2)20-11-12-22-25(26(20)31-27)19-13-18-17-9-5-6-10-21(17)29-23(18)14-24(19)30-22/h3-14H,1-2H3/q+1. The molecule has 4 heteroatoms. The second kappa shape index (κ2) is 5.76. The molecular formula is C27H18NO3+. The van der Waals surface area contributed by atoms with Gasteiger partial charge in [-0.1, -0.05) is 36.4 Å². The van der Waals surface area contributed by atoms with E-state index in [1.165, 1.54) is 5.56 Å². The van der Waals surface area contributed by atoms with Gasteiger partial charge in [0.25, 0.3) is 5.52 Å². The summed E-state index contributed by atoms with van der Waals surface area (Å²) in [6, 6.07) is 24.6. The molecule has 4 aromatic carbocycles. The van der Waals surface area contributed by atoms with E-state index in [2.05, 4.69) is 41.8 Å². The molecule has 0 saturated heterocycles. The molecule has 0 amide bonds. The van der Waals surface area contributed by atoms with Gasteiger partial charge in [0.15, 0.2) is 0 Å². The predicted octanol–water partition coefficient (Wildman–Crippen LogP) is 7.03. The van der Waals surface area contributed by atoms with Crippen LogP contribution in [0.4, 0.5) is 0 Å². The van der Waals surface area contributed by atoms with Gasteiger partial charge in [-0.2, -0.15) is 4.57 Å². The van der Waals surface area contributed by atoms with Crippen LogP contribution in [0.2, 0.25) is 0 Å². The van der Waals surface area contributed by atoms with E-state index in [4.69, 9.17) is 13.3 Å². The summed E-state index contributed by atoms with van der Waals surface area (Å²) in [5, 5.41) is 4.21. The quantitative estimate of drug-likeness (QED) is 0.276. The summed E-state index contributed by atoms with van der Waals surface area (Å²) in [7, 11) is 2.05. The topological polar surface area (TPSA) is 43.3 Å². The van der Waals surface area contributed by atoms with Crippen LogP contribution in [0.3, 0.4) is 0 Å². The Hall–Kier alpha value is -4.05. The van der Waals surface area contributed by atoms with Crippen LogP contribution >= 0.6 is 0 Å². The Balaban J connectivity index is 1.62. The summed E-state index contributed by atoms with van der Waals surface area (Å²) < 4.78 is 20.9. The highest BCUT2D eigenvalue weighted by atomic mass is 16.4. The van der Waals surface area contributed by atoms with E-state index >= 15 is 0 Å². The maximum absolute atomic E-state index is 6.51. The molecule has 0 aliphatic rings. The molecule has 4 nitrogen and oxygen atoms in total. The van der Waals surface area contributed by atoms with Crippen molar-refractivity contribution in [3.8, 4) is 11.5 Å². The van der Waals surface area contributed by atoms with E-state index in [9.17, 15) is 0 Å². The van der Waals surface area contributed by atoms with Gasteiger partial charge in [-0.05, 0) is 36.8 Å². The summed E-state index contributed by atoms with van der Waals surface area (Å²) in [6.07, 6.45) is 0. The first-order chi connectivity index (χ1) is 15.2. The third-order valence-corrected chi connectivity index (χ3v) is 6.31.